The van der Waals surface area contributed by atoms with Gasteiger partial charge in [0.05, 0.1) is 11.2 Å². The van der Waals surface area contributed by atoms with Gasteiger partial charge in [0.1, 0.15) is 11.9 Å². The van der Waals surface area contributed by atoms with E-state index in [0.717, 1.165) is 33.5 Å². The normalized spacial score (nSPS) is 12.5. The maximum atomic E-state index is 13.1. The Balaban J connectivity index is 1.74. The first kappa shape index (κ1) is 23.4. The number of carbonyl (C=O) groups excluding carboxylic acids is 2. The molecule has 0 radical (unpaired) electrons. The number of amides is 1. The van der Waals surface area contributed by atoms with Crippen LogP contribution in [0.15, 0.2) is 36.8 Å². The predicted octanol–water partition coefficient (Wildman–Crippen LogP) is 4.59. The van der Waals surface area contributed by atoms with Crippen molar-refractivity contribution in [2.24, 2.45) is 0 Å². The number of aldehydes is 1. The summed E-state index contributed by atoms with van der Waals surface area (Å²) in [6, 6.07) is 7.95. The summed E-state index contributed by atoms with van der Waals surface area (Å²) in [7, 11) is 0. The molecule has 0 aliphatic heterocycles. The van der Waals surface area contributed by atoms with Crippen LogP contribution in [0.1, 0.15) is 50.3 Å². The third kappa shape index (κ3) is 6.12. The molecule has 3 rings (SSSR count). The fourth-order valence-corrected chi connectivity index (χ4v) is 3.43. The molecule has 2 heterocycles. The third-order valence-electron chi connectivity index (χ3n) is 4.99. The van der Waals surface area contributed by atoms with Crippen LogP contribution in [0.2, 0.25) is 0 Å². The van der Waals surface area contributed by atoms with Gasteiger partial charge in [0.25, 0.3) is 0 Å². The number of alkyl carbamates (subject to hydrolysis) is 1. The van der Waals surface area contributed by atoms with Crippen LogP contribution < -0.4 is 5.32 Å². The van der Waals surface area contributed by atoms with Crippen molar-refractivity contribution in [2.75, 3.05) is 0 Å². The molecule has 32 heavy (non-hydrogen) atoms. The molecule has 1 N–H and O–H groups in total. The molecule has 8 heteroatoms. The summed E-state index contributed by atoms with van der Waals surface area (Å²) in [5, 5.41) is 7.06. The Kier molecular flexibility index (Phi) is 7.22. The van der Waals surface area contributed by atoms with Gasteiger partial charge in [-0.15, -0.1) is 0 Å². The second-order valence-electron chi connectivity index (χ2n) is 8.83. The van der Waals surface area contributed by atoms with Gasteiger partial charge in [-0.05, 0) is 75.8 Å². The topological polar surface area (TPSA) is 85.6 Å². The number of alkyl halides is 1. The molecular weight excluding hydrogens is 411 g/mol. The van der Waals surface area contributed by atoms with E-state index in [2.05, 4.69) is 15.4 Å². The first-order valence-corrected chi connectivity index (χ1v) is 10.6. The number of hydrogen-bond acceptors (Lipinski definition) is 5. The molecule has 1 aromatic carbocycles. The molecule has 0 spiro atoms. The molecule has 0 aliphatic carbocycles. The number of benzene rings is 1. The maximum Gasteiger partial charge on any atom is 0.407 e. The molecule has 170 valence electrons. The van der Waals surface area contributed by atoms with Gasteiger partial charge in [-0.25, -0.2) is 18.7 Å². The number of halogens is 1. The molecule has 0 unspecified atom stereocenters. The SMILES string of the molecule is Cc1cc(-c2ncnn3cc(CCC[C@H](F)C=O)cc23)ccc1CNC(=O)OC(C)(C)C. The quantitative estimate of drug-likeness (QED) is 0.518. The third-order valence-corrected chi connectivity index (χ3v) is 4.99. The fraction of sp³-hybridized carbons (Fsp3) is 0.417. The summed E-state index contributed by atoms with van der Waals surface area (Å²) < 4.78 is 20.2. The van der Waals surface area contributed by atoms with Gasteiger partial charge in [0.2, 0.25) is 0 Å². The summed E-state index contributed by atoms with van der Waals surface area (Å²) in [6.07, 6.45) is 3.34. The van der Waals surface area contributed by atoms with Crippen molar-refractivity contribution < 1.29 is 18.7 Å². The average Bonchev–Trinajstić information content (AvgIpc) is 3.14. The standard InChI is InChI=1S/C24H29FN4O3/c1-16-10-18(8-9-19(16)12-26-23(31)32-24(2,3)4)22-21-11-17(6-5-7-20(25)14-30)13-29(21)28-15-27-22/h8-11,13-15,20H,5-7,12H2,1-4H3,(H,26,31)/t20-/m0/s1. The van der Waals surface area contributed by atoms with Crippen LogP contribution >= 0.6 is 0 Å². The Morgan fingerprint density at radius 3 is 2.78 bits per heavy atom. The Morgan fingerprint density at radius 1 is 1.31 bits per heavy atom. The zero-order chi connectivity index (χ0) is 23.3. The van der Waals surface area contributed by atoms with E-state index < -0.39 is 17.9 Å². The summed E-state index contributed by atoms with van der Waals surface area (Å²) in [4.78, 5) is 26.8. The van der Waals surface area contributed by atoms with Crippen LogP contribution in [0.4, 0.5) is 9.18 Å². The molecule has 3 aromatic rings. The summed E-state index contributed by atoms with van der Waals surface area (Å²) >= 11 is 0. The highest BCUT2D eigenvalue weighted by atomic mass is 19.1. The highest BCUT2D eigenvalue weighted by molar-refractivity contribution is 5.77. The van der Waals surface area contributed by atoms with E-state index >= 15 is 0 Å². The van der Waals surface area contributed by atoms with E-state index in [1.165, 1.54) is 6.33 Å². The lowest BCUT2D eigenvalue weighted by Crippen LogP contribution is -2.32. The molecule has 0 saturated heterocycles. The van der Waals surface area contributed by atoms with Crippen LogP contribution in [0, 0.1) is 6.92 Å². The largest absolute Gasteiger partial charge is 0.444 e. The van der Waals surface area contributed by atoms with Crippen molar-refractivity contribution in [3.05, 3.63) is 53.5 Å². The fourth-order valence-electron chi connectivity index (χ4n) is 3.43. The van der Waals surface area contributed by atoms with Gasteiger partial charge in [-0.1, -0.05) is 12.1 Å². The van der Waals surface area contributed by atoms with Crippen LogP contribution in [-0.4, -0.2) is 38.8 Å². The number of fused-ring (bicyclic) bond motifs is 1. The molecule has 0 fully saturated rings. The first-order chi connectivity index (χ1) is 15.2. The number of carbonyl (C=O) groups is 2. The monoisotopic (exact) mass is 440 g/mol. The minimum atomic E-state index is -1.41. The summed E-state index contributed by atoms with van der Waals surface area (Å²) in [5.41, 5.74) is 5.05. The molecule has 0 bridgehead atoms. The number of aryl methyl sites for hydroxylation is 2. The molecule has 0 saturated carbocycles. The van der Waals surface area contributed by atoms with Gasteiger partial charge in [0.15, 0.2) is 12.5 Å². The van der Waals surface area contributed by atoms with Crippen LogP contribution in [0.5, 0.6) is 0 Å². The Morgan fingerprint density at radius 2 is 2.09 bits per heavy atom. The van der Waals surface area contributed by atoms with Crippen LogP contribution in [0.3, 0.4) is 0 Å². The number of ether oxygens (including phenoxy) is 1. The molecule has 1 amide bonds. The van der Waals surface area contributed by atoms with Crippen molar-refractivity contribution in [1.29, 1.82) is 0 Å². The maximum absolute atomic E-state index is 13.1. The summed E-state index contributed by atoms with van der Waals surface area (Å²) in [5.74, 6) is 0. The number of hydrogen-bond donors (Lipinski definition) is 1. The van der Waals surface area contributed by atoms with Gasteiger partial charge in [0, 0.05) is 18.3 Å². The van der Waals surface area contributed by atoms with Crippen molar-refractivity contribution in [3.8, 4) is 11.3 Å². The van der Waals surface area contributed by atoms with Crippen molar-refractivity contribution in [1.82, 2.24) is 19.9 Å². The van der Waals surface area contributed by atoms with Crippen LogP contribution in [0.25, 0.3) is 16.8 Å². The zero-order valence-electron chi connectivity index (χ0n) is 18.9. The zero-order valence-corrected chi connectivity index (χ0v) is 18.9. The Labute approximate surface area is 187 Å². The minimum Gasteiger partial charge on any atom is -0.444 e. The average molecular weight is 441 g/mol. The van der Waals surface area contributed by atoms with Crippen molar-refractivity contribution in [2.45, 2.75) is 65.3 Å². The Bertz CT molecular complexity index is 1100. The first-order valence-electron chi connectivity index (χ1n) is 10.6. The minimum absolute atomic E-state index is 0.214. The van der Waals surface area contributed by atoms with Gasteiger partial charge in [-0.3, -0.25) is 0 Å². The molecule has 7 nitrogen and oxygen atoms in total. The number of rotatable bonds is 8. The lowest BCUT2D eigenvalue weighted by atomic mass is 10.0. The molecular formula is C24H29FN4O3. The lowest BCUT2D eigenvalue weighted by molar-refractivity contribution is -0.112. The predicted molar refractivity (Wildman–Crippen MR) is 120 cm³/mol. The van der Waals surface area contributed by atoms with Gasteiger partial charge < -0.3 is 14.8 Å². The second kappa shape index (κ2) is 9.89. The summed E-state index contributed by atoms with van der Waals surface area (Å²) in [6.45, 7) is 7.82. The Hall–Kier alpha value is -3.29. The van der Waals surface area contributed by atoms with E-state index in [-0.39, 0.29) is 6.42 Å². The number of nitrogens with zero attached hydrogens (tertiary/aromatic N) is 3. The van der Waals surface area contributed by atoms with E-state index in [1.54, 1.807) is 4.52 Å². The number of nitrogens with one attached hydrogen (secondary N) is 1. The van der Waals surface area contributed by atoms with Crippen LogP contribution in [-0.2, 0) is 22.5 Å². The number of aromatic nitrogens is 3. The molecule has 2 aromatic heterocycles. The molecule has 1 atom stereocenters. The van der Waals surface area contributed by atoms with E-state index in [4.69, 9.17) is 4.74 Å². The van der Waals surface area contributed by atoms with Crippen molar-refractivity contribution in [3.63, 3.8) is 0 Å². The van der Waals surface area contributed by atoms with Gasteiger partial charge >= 0.3 is 6.09 Å². The second-order valence-corrected chi connectivity index (χ2v) is 8.83. The van der Waals surface area contributed by atoms with E-state index in [1.807, 2.05) is 58.2 Å². The van der Waals surface area contributed by atoms with Crippen molar-refractivity contribution >= 4 is 17.9 Å². The smallest absolute Gasteiger partial charge is 0.407 e. The molecule has 0 aliphatic rings. The van der Waals surface area contributed by atoms with Gasteiger partial charge in [-0.2, -0.15) is 5.10 Å². The van der Waals surface area contributed by atoms with E-state index in [9.17, 15) is 14.0 Å². The van der Waals surface area contributed by atoms with E-state index in [0.29, 0.717) is 25.7 Å². The lowest BCUT2D eigenvalue weighted by Gasteiger charge is -2.20. The highest BCUT2D eigenvalue weighted by Gasteiger charge is 2.16. The highest BCUT2D eigenvalue weighted by Crippen LogP contribution is 2.26.